The van der Waals surface area contributed by atoms with Crippen molar-refractivity contribution in [3.63, 3.8) is 0 Å². The summed E-state index contributed by atoms with van der Waals surface area (Å²) >= 11 is 0. The molecule has 11 nitrogen and oxygen atoms in total. The molecule has 1 aromatic carbocycles. The van der Waals surface area contributed by atoms with E-state index in [0.717, 1.165) is 18.9 Å². The molecule has 0 spiro atoms. The van der Waals surface area contributed by atoms with E-state index in [1.807, 2.05) is 11.9 Å². The molecular weight excluding hydrogens is 502 g/mol. The Labute approximate surface area is 217 Å². The molecule has 1 aromatic heterocycles. The zero-order valence-corrected chi connectivity index (χ0v) is 20.8. The highest BCUT2D eigenvalue weighted by Crippen LogP contribution is 2.37. The Hall–Kier alpha value is -3.58. The van der Waals surface area contributed by atoms with Gasteiger partial charge in [-0.25, -0.2) is 23.5 Å². The first kappa shape index (κ1) is 24.7. The van der Waals surface area contributed by atoms with Gasteiger partial charge in [-0.1, -0.05) is 0 Å². The van der Waals surface area contributed by atoms with Gasteiger partial charge in [0.05, 0.1) is 18.3 Å². The molecule has 2 fully saturated rings. The van der Waals surface area contributed by atoms with Crippen molar-refractivity contribution in [2.75, 3.05) is 43.6 Å². The number of nitrogens with zero attached hydrogens (tertiary/aromatic N) is 4. The number of cyclic esters (lactones) is 1. The molecule has 1 saturated heterocycles. The van der Waals surface area contributed by atoms with Gasteiger partial charge in [0, 0.05) is 18.7 Å². The van der Waals surface area contributed by atoms with Gasteiger partial charge in [0.1, 0.15) is 18.5 Å². The number of rotatable bonds is 8. The second-order valence-corrected chi connectivity index (χ2v) is 10.4. The first-order valence-corrected chi connectivity index (χ1v) is 12.6. The van der Waals surface area contributed by atoms with Gasteiger partial charge in [-0.3, -0.25) is 9.69 Å². The van der Waals surface area contributed by atoms with Crippen molar-refractivity contribution < 1.29 is 32.6 Å². The van der Waals surface area contributed by atoms with Crippen LogP contribution in [0.3, 0.4) is 0 Å². The Morgan fingerprint density at radius 3 is 2.87 bits per heavy atom. The first-order chi connectivity index (χ1) is 18.2. The highest BCUT2D eigenvalue weighted by molar-refractivity contribution is 5.94. The molecule has 1 saturated carbocycles. The van der Waals surface area contributed by atoms with E-state index in [9.17, 15) is 14.0 Å². The number of carbonyl (C=O) groups excluding carboxylic acids is 2. The van der Waals surface area contributed by atoms with Crippen LogP contribution in [0.15, 0.2) is 12.3 Å². The van der Waals surface area contributed by atoms with Crippen LogP contribution in [0, 0.1) is 11.6 Å². The van der Waals surface area contributed by atoms with Crippen LogP contribution in [0.5, 0.6) is 11.6 Å². The Kier molecular flexibility index (Phi) is 6.06. The van der Waals surface area contributed by atoms with Gasteiger partial charge in [-0.15, -0.1) is 0 Å². The van der Waals surface area contributed by atoms with Crippen LogP contribution in [0.4, 0.5) is 25.2 Å². The number of nitrogens with one attached hydrogen (secondary N) is 1. The third-order valence-corrected chi connectivity index (χ3v) is 7.58. The van der Waals surface area contributed by atoms with Crippen LogP contribution in [-0.4, -0.2) is 77.9 Å². The van der Waals surface area contributed by atoms with E-state index in [2.05, 4.69) is 15.3 Å². The number of halogens is 2. The quantitative estimate of drug-likeness (QED) is 0.524. The van der Waals surface area contributed by atoms with Crippen LogP contribution in [0.2, 0.25) is 0 Å². The van der Waals surface area contributed by atoms with E-state index in [4.69, 9.17) is 19.9 Å². The summed E-state index contributed by atoms with van der Waals surface area (Å²) in [4.78, 5) is 35.8. The molecule has 2 aromatic rings. The topological polar surface area (TPSA) is 132 Å². The van der Waals surface area contributed by atoms with E-state index in [1.54, 1.807) is 0 Å². The monoisotopic (exact) mass is 530 g/mol. The zero-order valence-electron chi connectivity index (χ0n) is 20.8. The average molecular weight is 531 g/mol. The number of aromatic nitrogens is 2. The maximum absolute atomic E-state index is 15.1. The Balaban J connectivity index is 1.05. The van der Waals surface area contributed by atoms with Crippen molar-refractivity contribution in [2.24, 2.45) is 5.73 Å². The number of amides is 2. The van der Waals surface area contributed by atoms with Crippen LogP contribution in [0.25, 0.3) is 0 Å². The molecule has 3 N–H and O–H groups in total. The first-order valence-electron chi connectivity index (χ1n) is 12.6. The van der Waals surface area contributed by atoms with E-state index in [0.29, 0.717) is 36.9 Å². The zero-order chi connectivity index (χ0) is 26.6. The predicted octanol–water partition coefficient (Wildman–Crippen LogP) is 1.77. The van der Waals surface area contributed by atoms with Crippen molar-refractivity contribution in [2.45, 2.75) is 49.8 Å². The minimum atomic E-state index is -0.564. The molecular formula is C25H28F2N6O5. The lowest BCUT2D eigenvalue weighted by Crippen LogP contribution is -2.35. The fourth-order valence-electron chi connectivity index (χ4n) is 4.99. The lowest BCUT2D eigenvalue weighted by atomic mass is 10.1. The molecule has 2 aliphatic carbocycles. The fourth-order valence-corrected chi connectivity index (χ4v) is 4.99. The van der Waals surface area contributed by atoms with Crippen molar-refractivity contribution in [1.29, 1.82) is 0 Å². The molecule has 0 radical (unpaired) electrons. The summed E-state index contributed by atoms with van der Waals surface area (Å²) < 4.78 is 46.2. The van der Waals surface area contributed by atoms with Crippen molar-refractivity contribution in [3.05, 3.63) is 35.0 Å². The molecule has 202 valence electrons. The highest BCUT2D eigenvalue weighted by Gasteiger charge is 2.40. The van der Waals surface area contributed by atoms with Gasteiger partial charge in [0.15, 0.2) is 29.8 Å². The molecule has 13 heteroatoms. The van der Waals surface area contributed by atoms with Gasteiger partial charge in [-0.05, 0) is 50.3 Å². The Bertz CT molecular complexity index is 1310. The highest BCUT2D eigenvalue weighted by atomic mass is 19.1. The number of carbonyl (C=O) groups is 2. The molecule has 2 aliphatic heterocycles. The average Bonchev–Trinajstić information content (AvgIpc) is 3.29. The summed E-state index contributed by atoms with van der Waals surface area (Å²) in [7, 11) is 1.89. The number of ether oxygens (including phenoxy) is 3. The van der Waals surface area contributed by atoms with Crippen LogP contribution < -0.4 is 25.4 Å². The fraction of sp³-hybridized carbons (Fsp3) is 0.520. The number of hydrogen-bond donors (Lipinski definition) is 2. The largest absolute Gasteiger partial charge is 0.488 e. The minimum absolute atomic E-state index is 0.0874. The van der Waals surface area contributed by atoms with Gasteiger partial charge in [-0.2, -0.15) is 0 Å². The van der Waals surface area contributed by atoms with Crippen molar-refractivity contribution in [1.82, 2.24) is 14.9 Å². The predicted molar refractivity (Wildman–Crippen MR) is 130 cm³/mol. The number of fused-ring (bicyclic) bond motifs is 2. The SMILES string of the molecule is CN(CCC1CN(c2cnc3c(n2)NC(=O)CO3)C(=O)O1)C1Cc2c(F)cc(OCC3(N)CC3)c(F)c2C1. The molecule has 2 atom stereocenters. The maximum Gasteiger partial charge on any atom is 0.415 e. The smallest absolute Gasteiger partial charge is 0.415 e. The lowest BCUT2D eigenvalue weighted by molar-refractivity contribution is -0.118. The molecule has 4 aliphatic rings. The summed E-state index contributed by atoms with van der Waals surface area (Å²) in [6.07, 6.45) is 3.30. The van der Waals surface area contributed by atoms with Gasteiger partial charge < -0.3 is 30.2 Å². The van der Waals surface area contributed by atoms with Gasteiger partial charge in [0.2, 0.25) is 0 Å². The van der Waals surface area contributed by atoms with Crippen molar-refractivity contribution in [3.8, 4) is 11.6 Å². The Morgan fingerprint density at radius 1 is 1.29 bits per heavy atom. The second-order valence-electron chi connectivity index (χ2n) is 10.4. The standard InChI is InChI=1S/C25H28F2N6O5/c1-32(13-6-15-16(7-13)21(27)18(8-17(15)26)37-12-25(28)3-4-25)5-2-14-10-33(24(35)38-14)19-9-29-23-22(30-19)31-20(34)11-36-23/h8-9,13-14H,2-7,10-12,28H2,1H3,(H,30,31,34). The third kappa shape index (κ3) is 4.71. The molecule has 2 unspecified atom stereocenters. The molecule has 38 heavy (non-hydrogen) atoms. The van der Waals surface area contributed by atoms with E-state index >= 15 is 4.39 Å². The summed E-state index contributed by atoms with van der Waals surface area (Å²) in [5.41, 5.74) is 6.31. The summed E-state index contributed by atoms with van der Waals surface area (Å²) in [5, 5.41) is 2.57. The van der Waals surface area contributed by atoms with Crippen LogP contribution >= 0.6 is 0 Å². The molecule has 2 amide bonds. The number of likely N-dealkylation sites (N-methyl/N-ethyl adjacent to an activating group) is 1. The van der Waals surface area contributed by atoms with Crippen molar-refractivity contribution >= 4 is 23.6 Å². The molecule has 6 rings (SSSR count). The summed E-state index contributed by atoms with van der Waals surface area (Å²) in [6, 6.07) is 1.02. The number of nitrogens with two attached hydrogens (primary N) is 1. The Morgan fingerprint density at radius 2 is 2.08 bits per heavy atom. The number of hydrogen-bond acceptors (Lipinski definition) is 9. The third-order valence-electron chi connectivity index (χ3n) is 7.58. The summed E-state index contributed by atoms with van der Waals surface area (Å²) in [6.45, 7) is 0.832. The second kappa shape index (κ2) is 9.31. The van der Waals surface area contributed by atoms with Crippen LogP contribution in [-0.2, 0) is 22.4 Å². The number of benzene rings is 1. The van der Waals surface area contributed by atoms with Gasteiger partial charge in [0.25, 0.3) is 11.8 Å². The number of anilines is 2. The molecule has 0 bridgehead atoms. The van der Waals surface area contributed by atoms with E-state index < -0.39 is 29.4 Å². The minimum Gasteiger partial charge on any atom is -0.488 e. The lowest BCUT2D eigenvalue weighted by Gasteiger charge is -2.25. The summed E-state index contributed by atoms with van der Waals surface area (Å²) in [5.74, 6) is -0.845. The van der Waals surface area contributed by atoms with E-state index in [-0.39, 0.29) is 55.0 Å². The molecule has 3 heterocycles. The van der Waals surface area contributed by atoms with E-state index in [1.165, 1.54) is 11.1 Å². The van der Waals surface area contributed by atoms with Crippen LogP contribution in [0.1, 0.15) is 30.4 Å². The van der Waals surface area contributed by atoms with Gasteiger partial charge >= 0.3 is 6.09 Å². The normalized spacial score (nSPS) is 23.0. The maximum atomic E-state index is 15.1.